The molecule has 0 spiro atoms. The van der Waals surface area contributed by atoms with Gasteiger partial charge in [0.2, 0.25) is 0 Å². The highest BCUT2D eigenvalue weighted by Gasteiger charge is 2.20. The minimum Gasteiger partial charge on any atom is -0.491 e. The number of thiazole rings is 1. The number of halogens is 1. The lowest BCUT2D eigenvalue weighted by Crippen LogP contribution is -2.41. The fourth-order valence-electron chi connectivity index (χ4n) is 2.44. The van der Waals surface area contributed by atoms with Crippen LogP contribution in [0, 0.1) is 6.92 Å². The number of rotatable bonds is 5. The highest BCUT2D eigenvalue weighted by Crippen LogP contribution is 2.37. The second-order valence-corrected chi connectivity index (χ2v) is 7.15. The van der Waals surface area contributed by atoms with Crippen molar-refractivity contribution >= 4 is 28.9 Å². The van der Waals surface area contributed by atoms with E-state index in [0.29, 0.717) is 36.0 Å². The fraction of sp³-hybridized carbons (Fsp3) is 0.412. The Labute approximate surface area is 156 Å². The third-order valence-corrected chi connectivity index (χ3v) is 5.03. The van der Waals surface area contributed by atoms with Gasteiger partial charge in [-0.1, -0.05) is 11.6 Å². The number of aromatic nitrogens is 1. The number of hydrogen-bond donors (Lipinski definition) is 1. The highest BCUT2D eigenvalue weighted by atomic mass is 35.5. The molecular formula is C17H19ClN2O4S. The van der Waals surface area contributed by atoms with Crippen LogP contribution in [0.1, 0.15) is 15.2 Å². The molecule has 1 aromatic carbocycles. The van der Waals surface area contributed by atoms with E-state index in [9.17, 15) is 4.79 Å². The SMILES string of the molecule is [2H]N1CCO[C@@H](COc2cc(C(=O)OC)c(Cl)c(-c3ncc(C)s3)c2)C1. The van der Waals surface area contributed by atoms with E-state index in [1.54, 1.807) is 18.3 Å². The van der Waals surface area contributed by atoms with Crippen molar-refractivity contribution in [1.82, 2.24) is 10.3 Å². The molecule has 1 atom stereocenters. The number of hydrogen-bond acceptors (Lipinski definition) is 7. The van der Waals surface area contributed by atoms with Crippen LogP contribution >= 0.6 is 22.9 Å². The number of carbonyl (C=O) groups excluding carboxylic acids is 1. The molecule has 25 heavy (non-hydrogen) atoms. The van der Waals surface area contributed by atoms with Gasteiger partial charge in [-0.25, -0.2) is 9.78 Å². The first kappa shape index (κ1) is 16.8. The van der Waals surface area contributed by atoms with Crippen LogP contribution in [-0.4, -0.2) is 50.5 Å². The van der Waals surface area contributed by atoms with Crippen molar-refractivity contribution in [1.29, 1.82) is 0 Å². The summed E-state index contributed by atoms with van der Waals surface area (Å²) in [6.07, 6.45) is 1.55. The third kappa shape index (κ3) is 4.30. The summed E-state index contributed by atoms with van der Waals surface area (Å²) in [7, 11) is 1.30. The second kappa shape index (κ2) is 8.14. The van der Waals surface area contributed by atoms with Crippen molar-refractivity contribution in [2.75, 3.05) is 33.4 Å². The van der Waals surface area contributed by atoms with Crippen molar-refractivity contribution in [3.05, 3.63) is 33.8 Å². The average Bonchev–Trinajstić information content (AvgIpc) is 3.06. The van der Waals surface area contributed by atoms with Crippen molar-refractivity contribution in [2.24, 2.45) is 0 Å². The Balaban J connectivity index is 1.88. The maximum Gasteiger partial charge on any atom is 0.339 e. The van der Waals surface area contributed by atoms with Crippen LogP contribution in [-0.2, 0) is 9.47 Å². The number of morpholine rings is 1. The molecule has 1 N–H and O–H groups in total. The summed E-state index contributed by atoms with van der Waals surface area (Å²) in [5.74, 6) is -0.0652. The Hall–Kier alpha value is -1.67. The minimum atomic E-state index is -0.541. The van der Waals surface area contributed by atoms with Crippen molar-refractivity contribution < 1.29 is 20.4 Å². The molecule has 0 amide bonds. The van der Waals surface area contributed by atoms with E-state index in [1.807, 2.05) is 6.92 Å². The number of carbonyl (C=O) groups is 1. The zero-order valence-electron chi connectivity index (χ0n) is 15.0. The molecule has 1 fully saturated rings. The largest absolute Gasteiger partial charge is 0.491 e. The maximum absolute atomic E-state index is 12.1. The Morgan fingerprint density at radius 2 is 2.44 bits per heavy atom. The van der Waals surface area contributed by atoms with Gasteiger partial charge in [0.15, 0.2) is 0 Å². The van der Waals surface area contributed by atoms with Gasteiger partial charge < -0.3 is 19.5 Å². The Bertz CT molecular complexity index is 801. The zero-order valence-corrected chi connectivity index (χ0v) is 15.5. The van der Waals surface area contributed by atoms with Gasteiger partial charge in [-0.2, -0.15) is 0 Å². The molecule has 1 aliphatic rings. The van der Waals surface area contributed by atoms with Crippen molar-refractivity contribution in [2.45, 2.75) is 13.0 Å². The molecule has 2 aromatic rings. The first-order chi connectivity index (χ1) is 12.5. The van der Waals surface area contributed by atoms with Crippen LogP contribution in [0.3, 0.4) is 0 Å². The van der Waals surface area contributed by atoms with E-state index >= 15 is 0 Å². The predicted molar refractivity (Wildman–Crippen MR) is 96.7 cm³/mol. The van der Waals surface area contributed by atoms with Gasteiger partial charge in [0.25, 0.3) is 0 Å². The van der Waals surface area contributed by atoms with E-state index in [-0.39, 0.29) is 23.3 Å². The summed E-state index contributed by atoms with van der Waals surface area (Å²) < 4.78 is 23.9. The average molecular weight is 384 g/mol. The Morgan fingerprint density at radius 3 is 3.12 bits per heavy atom. The number of aryl methyl sites for hydroxylation is 1. The number of methoxy groups -OCH3 is 1. The summed E-state index contributed by atoms with van der Waals surface area (Å²) in [5, 5.41) is 2.43. The fourth-order valence-corrected chi connectivity index (χ4v) is 3.56. The van der Waals surface area contributed by atoms with Gasteiger partial charge in [0.05, 0.1) is 24.3 Å². The smallest absolute Gasteiger partial charge is 0.339 e. The van der Waals surface area contributed by atoms with E-state index in [2.05, 4.69) is 4.98 Å². The lowest BCUT2D eigenvalue weighted by atomic mass is 10.1. The number of ether oxygens (including phenoxy) is 3. The van der Waals surface area contributed by atoms with Gasteiger partial charge >= 0.3 is 5.97 Å². The first-order valence-corrected chi connectivity index (χ1v) is 9.00. The van der Waals surface area contributed by atoms with Crippen LogP contribution < -0.4 is 10.0 Å². The molecule has 0 radical (unpaired) electrons. The van der Waals surface area contributed by atoms with Crippen LogP contribution in [0.4, 0.5) is 0 Å². The molecule has 0 bridgehead atoms. The summed E-state index contributed by atoms with van der Waals surface area (Å²) >= 11 is 7.90. The molecule has 0 saturated carbocycles. The highest BCUT2D eigenvalue weighted by molar-refractivity contribution is 7.15. The van der Waals surface area contributed by atoms with Crippen LogP contribution in [0.5, 0.6) is 5.75 Å². The van der Waals surface area contributed by atoms with Gasteiger partial charge in [0, 0.05) is 29.7 Å². The Morgan fingerprint density at radius 1 is 1.60 bits per heavy atom. The summed E-state index contributed by atoms with van der Waals surface area (Å²) in [6, 6.07) is 3.31. The van der Waals surface area contributed by atoms with Gasteiger partial charge in [-0.05, 0) is 19.1 Å². The molecule has 8 heteroatoms. The van der Waals surface area contributed by atoms with Crippen LogP contribution in [0.2, 0.25) is 6.43 Å². The van der Waals surface area contributed by atoms with Crippen LogP contribution in [0.15, 0.2) is 18.3 Å². The molecule has 0 aliphatic carbocycles. The maximum atomic E-state index is 12.1. The molecule has 1 aliphatic heterocycles. The molecule has 0 unspecified atom stereocenters. The minimum absolute atomic E-state index is 0.205. The number of nitrogens with one attached hydrogen (secondary N) is 1. The van der Waals surface area contributed by atoms with Gasteiger partial charge in [0.1, 0.15) is 24.9 Å². The van der Waals surface area contributed by atoms with E-state index < -0.39 is 5.97 Å². The van der Waals surface area contributed by atoms with Gasteiger partial charge in [-0.15, -0.1) is 11.3 Å². The molecule has 134 valence electrons. The molecule has 1 aromatic heterocycles. The quantitative estimate of drug-likeness (QED) is 0.800. The lowest BCUT2D eigenvalue weighted by Gasteiger charge is -2.23. The van der Waals surface area contributed by atoms with E-state index in [4.69, 9.17) is 27.2 Å². The standard InChI is InChI=1S/C17H19ClN2O4S/c1-10-7-20-16(25-10)13-5-11(6-14(15(13)18)17(21)22-2)24-9-12-8-19-3-4-23-12/h5-7,12,19H,3-4,8-9H2,1-2H3/t12-/m1/s1/i/hD. The van der Waals surface area contributed by atoms with Crippen LogP contribution in [0.25, 0.3) is 10.6 Å². The molecular weight excluding hydrogens is 364 g/mol. The second-order valence-electron chi connectivity index (χ2n) is 5.53. The number of benzene rings is 1. The topological polar surface area (TPSA) is 69.7 Å². The summed E-state index contributed by atoms with van der Waals surface area (Å²) in [4.78, 5) is 17.5. The van der Waals surface area contributed by atoms with E-state index in [0.717, 1.165) is 4.88 Å². The number of nitrogens with zero attached hydrogens (tertiary/aromatic N) is 1. The first-order valence-electron chi connectivity index (χ1n) is 8.25. The molecule has 3 rings (SSSR count). The zero-order chi connectivity index (χ0) is 18.7. The van der Waals surface area contributed by atoms with Crippen molar-refractivity contribution in [3.8, 4) is 16.3 Å². The summed E-state index contributed by atoms with van der Waals surface area (Å²) in [6.45, 7) is 3.76. The van der Waals surface area contributed by atoms with E-state index in [1.165, 1.54) is 23.8 Å². The van der Waals surface area contributed by atoms with Gasteiger partial charge in [-0.3, -0.25) is 0 Å². The normalized spacial score (nSPS) is 18.7. The van der Waals surface area contributed by atoms with Crippen molar-refractivity contribution in [3.63, 3.8) is 0 Å². The molecule has 2 heterocycles. The Kier molecular flexibility index (Phi) is 5.46. The summed E-state index contributed by atoms with van der Waals surface area (Å²) in [5.41, 5.74) is 0.843. The lowest BCUT2D eigenvalue weighted by molar-refractivity contribution is 0.000185. The third-order valence-electron chi connectivity index (χ3n) is 3.67. The predicted octanol–water partition coefficient (Wildman–Crippen LogP) is 2.93. The number of esters is 1. The monoisotopic (exact) mass is 383 g/mol. The molecule has 6 nitrogen and oxygen atoms in total. The molecule has 1 saturated heterocycles.